The van der Waals surface area contributed by atoms with E-state index in [9.17, 15) is 0 Å². The normalized spacial score (nSPS) is 12.9. The van der Waals surface area contributed by atoms with Gasteiger partial charge < -0.3 is 15.7 Å². The van der Waals surface area contributed by atoms with Crippen LogP contribution in [0.1, 0.15) is 16.5 Å². The van der Waals surface area contributed by atoms with Crippen molar-refractivity contribution in [3.8, 4) is 0 Å². The molecular weight excluding hydrogens is 198 g/mol. The van der Waals surface area contributed by atoms with Gasteiger partial charge in [0.1, 0.15) is 0 Å². The number of hydrogen-bond acceptors (Lipinski definition) is 5. The number of anilines is 1. The van der Waals surface area contributed by atoms with Gasteiger partial charge in [-0.15, -0.1) is 11.3 Å². The molecule has 0 spiro atoms. The molecule has 0 aliphatic carbocycles. The second-order valence-corrected chi connectivity index (χ2v) is 4.46. The number of hydrogen-bond donors (Lipinski definition) is 2. The molecule has 0 saturated carbocycles. The average molecular weight is 215 g/mol. The zero-order valence-corrected chi connectivity index (χ0v) is 9.64. The third-order valence-electron chi connectivity index (χ3n) is 2.08. The van der Waals surface area contributed by atoms with Gasteiger partial charge in [0.15, 0.2) is 5.13 Å². The van der Waals surface area contributed by atoms with Crippen LogP contribution >= 0.6 is 11.3 Å². The number of nitrogens with two attached hydrogens (primary N) is 1. The molecule has 0 saturated heterocycles. The minimum Gasteiger partial charge on any atom is -0.396 e. The molecule has 0 aliphatic heterocycles. The van der Waals surface area contributed by atoms with E-state index in [4.69, 9.17) is 10.8 Å². The van der Waals surface area contributed by atoms with Gasteiger partial charge in [0, 0.05) is 31.4 Å². The Labute approximate surface area is 88.4 Å². The van der Waals surface area contributed by atoms with E-state index in [1.54, 1.807) is 11.3 Å². The predicted molar refractivity (Wildman–Crippen MR) is 60.1 cm³/mol. The lowest BCUT2D eigenvalue weighted by atomic mass is 10.1. The van der Waals surface area contributed by atoms with Crippen LogP contribution in [-0.2, 0) is 0 Å². The highest BCUT2D eigenvalue weighted by molar-refractivity contribution is 7.15. The Hall–Kier alpha value is -0.650. The van der Waals surface area contributed by atoms with Gasteiger partial charge in [-0.3, -0.25) is 0 Å². The van der Waals surface area contributed by atoms with E-state index in [0.717, 1.165) is 15.7 Å². The third-order valence-corrected chi connectivity index (χ3v) is 3.57. The first-order chi connectivity index (χ1) is 6.60. The zero-order valence-electron chi connectivity index (χ0n) is 8.82. The maximum Gasteiger partial charge on any atom is 0.185 e. The second kappa shape index (κ2) is 4.72. The Kier molecular flexibility index (Phi) is 3.86. The average Bonchev–Trinajstić information content (AvgIpc) is 2.51. The molecule has 80 valence electrons. The number of aliphatic hydroxyl groups is 1. The molecular formula is C9H17N3OS. The number of aromatic nitrogens is 1. The van der Waals surface area contributed by atoms with Crippen molar-refractivity contribution in [2.75, 3.05) is 32.1 Å². The molecule has 1 aromatic heterocycles. The first kappa shape index (κ1) is 11.4. The summed E-state index contributed by atoms with van der Waals surface area (Å²) in [6, 6.07) is 0. The maximum atomic E-state index is 9.14. The smallest absolute Gasteiger partial charge is 0.185 e. The molecule has 0 bridgehead atoms. The highest BCUT2D eigenvalue weighted by atomic mass is 32.1. The van der Waals surface area contributed by atoms with Crippen molar-refractivity contribution in [1.82, 2.24) is 4.98 Å². The molecule has 0 aliphatic rings. The first-order valence-electron chi connectivity index (χ1n) is 4.55. The van der Waals surface area contributed by atoms with Gasteiger partial charge in [-0.2, -0.15) is 0 Å². The summed E-state index contributed by atoms with van der Waals surface area (Å²) in [6.45, 7) is 2.51. The Balaban J connectivity index is 2.96. The van der Waals surface area contributed by atoms with E-state index in [2.05, 4.69) is 4.98 Å². The van der Waals surface area contributed by atoms with Crippen molar-refractivity contribution in [3.63, 3.8) is 0 Å². The Bertz CT molecular complexity index is 294. The second-order valence-electron chi connectivity index (χ2n) is 3.46. The van der Waals surface area contributed by atoms with Crippen molar-refractivity contribution >= 4 is 16.5 Å². The summed E-state index contributed by atoms with van der Waals surface area (Å²) in [7, 11) is 3.91. The summed E-state index contributed by atoms with van der Waals surface area (Å²) in [5, 5.41) is 10.1. The van der Waals surface area contributed by atoms with Crippen LogP contribution in [0.3, 0.4) is 0 Å². The lowest BCUT2D eigenvalue weighted by Crippen LogP contribution is -2.15. The van der Waals surface area contributed by atoms with Crippen LogP contribution in [-0.4, -0.2) is 37.3 Å². The number of aliphatic hydroxyl groups excluding tert-OH is 1. The molecule has 1 aromatic rings. The van der Waals surface area contributed by atoms with E-state index >= 15 is 0 Å². The fraction of sp³-hybridized carbons (Fsp3) is 0.667. The standard InChI is InChI=1S/C9H17N3OS/c1-6-8(7(4-10)5-13)14-9(11-6)12(2)3/h7,13H,4-5,10H2,1-3H3. The van der Waals surface area contributed by atoms with E-state index in [1.807, 2.05) is 25.9 Å². The van der Waals surface area contributed by atoms with Crippen LogP contribution in [0.5, 0.6) is 0 Å². The van der Waals surface area contributed by atoms with Crippen molar-refractivity contribution in [1.29, 1.82) is 0 Å². The highest BCUT2D eigenvalue weighted by Crippen LogP contribution is 2.30. The summed E-state index contributed by atoms with van der Waals surface area (Å²) in [4.78, 5) is 7.47. The predicted octanol–water partition coefficient (Wildman–Crippen LogP) is 0.552. The summed E-state index contributed by atoms with van der Waals surface area (Å²) >= 11 is 1.60. The lowest BCUT2D eigenvalue weighted by molar-refractivity contribution is 0.269. The molecule has 14 heavy (non-hydrogen) atoms. The Morgan fingerprint density at radius 3 is 2.57 bits per heavy atom. The largest absolute Gasteiger partial charge is 0.396 e. The SMILES string of the molecule is Cc1nc(N(C)C)sc1C(CN)CO. The topological polar surface area (TPSA) is 62.4 Å². The minimum atomic E-state index is 0.0289. The molecule has 1 atom stereocenters. The van der Waals surface area contributed by atoms with Crippen LogP contribution in [0.15, 0.2) is 0 Å². The van der Waals surface area contributed by atoms with E-state index in [0.29, 0.717) is 6.54 Å². The third kappa shape index (κ3) is 2.23. The van der Waals surface area contributed by atoms with Gasteiger partial charge in [0.2, 0.25) is 0 Å². The number of rotatable bonds is 4. The molecule has 5 heteroatoms. The monoisotopic (exact) mass is 215 g/mol. The minimum absolute atomic E-state index is 0.0289. The molecule has 0 radical (unpaired) electrons. The molecule has 3 N–H and O–H groups in total. The molecule has 0 fully saturated rings. The van der Waals surface area contributed by atoms with E-state index in [1.165, 1.54) is 0 Å². The van der Waals surface area contributed by atoms with Gasteiger partial charge in [-0.25, -0.2) is 4.98 Å². The van der Waals surface area contributed by atoms with Crippen LogP contribution in [0, 0.1) is 6.92 Å². The zero-order chi connectivity index (χ0) is 10.7. The summed E-state index contributed by atoms with van der Waals surface area (Å²) in [5.41, 5.74) is 6.55. The molecule has 1 unspecified atom stereocenters. The van der Waals surface area contributed by atoms with Crippen LogP contribution in [0.25, 0.3) is 0 Å². The summed E-state index contributed by atoms with van der Waals surface area (Å²) in [5.74, 6) is 0.0289. The van der Waals surface area contributed by atoms with Gasteiger partial charge >= 0.3 is 0 Å². The number of thiazole rings is 1. The molecule has 1 heterocycles. The van der Waals surface area contributed by atoms with Crippen molar-refractivity contribution in [2.24, 2.45) is 5.73 Å². The number of nitrogens with zero attached hydrogens (tertiary/aromatic N) is 2. The Morgan fingerprint density at radius 2 is 2.21 bits per heavy atom. The molecule has 4 nitrogen and oxygen atoms in total. The Morgan fingerprint density at radius 1 is 1.57 bits per heavy atom. The van der Waals surface area contributed by atoms with Crippen LogP contribution in [0.2, 0.25) is 0 Å². The summed E-state index contributed by atoms with van der Waals surface area (Å²) < 4.78 is 0. The van der Waals surface area contributed by atoms with Crippen molar-refractivity contribution in [2.45, 2.75) is 12.8 Å². The fourth-order valence-corrected chi connectivity index (χ4v) is 2.32. The van der Waals surface area contributed by atoms with Gasteiger partial charge in [-0.05, 0) is 6.92 Å². The molecule has 0 aromatic carbocycles. The molecule has 1 rings (SSSR count). The highest BCUT2D eigenvalue weighted by Gasteiger charge is 2.16. The lowest BCUT2D eigenvalue weighted by Gasteiger charge is -2.09. The number of aryl methyl sites for hydroxylation is 1. The maximum absolute atomic E-state index is 9.14. The van der Waals surface area contributed by atoms with Gasteiger partial charge in [0.05, 0.1) is 12.3 Å². The summed E-state index contributed by atoms with van der Waals surface area (Å²) in [6.07, 6.45) is 0. The van der Waals surface area contributed by atoms with Crippen LogP contribution in [0.4, 0.5) is 5.13 Å². The van der Waals surface area contributed by atoms with Gasteiger partial charge in [0.25, 0.3) is 0 Å². The quantitative estimate of drug-likeness (QED) is 0.770. The van der Waals surface area contributed by atoms with E-state index < -0.39 is 0 Å². The van der Waals surface area contributed by atoms with Crippen molar-refractivity contribution in [3.05, 3.63) is 10.6 Å². The molecule has 0 amide bonds. The van der Waals surface area contributed by atoms with Gasteiger partial charge in [-0.1, -0.05) is 0 Å². The van der Waals surface area contributed by atoms with E-state index in [-0.39, 0.29) is 12.5 Å². The van der Waals surface area contributed by atoms with Crippen molar-refractivity contribution < 1.29 is 5.11 Å². The fourth-order valence-electron chi connectivity index (χ4n) is 1.23. The van der Waals surface area contributed by atoms with Crippen LogP contribution < -0.4 is 10.6 Å². The first-order valence-corrected chi connectivity index (χ1v) is 5.37.